The van der Waals surface area contributed by atoms with E-state index in [1.54, 1.807) is 0 Å². The average Bonchev–Trinajstić information content (AvgIpc) is 2.38. The molecule has 1 aromatic carbocycles. The number of anilines is 1. The van der Waals surface area contributed by atoms with Crippen LogP contribution < -0.4 is 5.32 Å². The van der Waals surface area contributed by atoms with Crippen LogP contribution in [0, 0.1) is 15.9 Å². The predicted molar refractivity (Wildman–Crippen MR) is 68.0 cm³/mol. The van der Waals surface area contributed by atoms with Crippen molar-refractivity contribution in [2.45, 2.75) is 0 Å². The molecule has 0 aliphatic carbocycles. The standard InChI is InChI=1S/C11H6ClFN4O3/c12-9-4-10(15-5-14-9)16-11(18)7-2-1-6(17(19)20)3-8(7)13/h1-5H,(H,14,15,16,18). The van der Waals surface area contributed by atoms with Crippen LogP contribution in [0.2, 0.25) is 5.15 Å². The molecule has 102 valence electrons. The fraction of sp³-hybridized carbons (Fsp3) is 0. The van der Waals surface area contributed by atoms with Gasteiger partial charge < -0.3 is 5.32 Å². The average molecular weight is 297 g/mol. The van der Waals surface area contributed by atoms with Crippen molar-refractivity contribution >= 4 is 29.0 Å². The lowest BCUT2D eigenvalue weighted by atomic mass is 10.2. The highest BCUT2D eigenvalue weighted by Crippen LogP contribution is 2.18. The molecule has 0 bridgehead atoms. The fourth-order valence-corrected chi connectivity index (χ4v) is 1.53. The maximum atomic E-state index is 13.6. The third-order valence-corrected chi connectivity index (χ3v) is 2.49. The Morgan fingerprint density at radius 3 is 2.70 bits per heavy atom. The summed E-state index contributed by atoms with van der Waals surface area (Å²) in [7, 11) is 0. The highest BCUT2D eigenvalue weighted by molar-refractivity contribution is 6.29. The SMILES string of the molecule is O=C(Nc1cc(Cl)ncn1)c1ccc([N+](=O)[O-])cc1F. The molecule has 0 aliphatic heterocycles. The first-order valence-corrected chi connectivity index (χ1v) is 5.58. The Balaban J connectivity index is 2.23. The normalized spacial score (nSPS) is 10.1. The van der Waals surface area contributed by atoms with E-state index in [2.05, 4.69) is 15.3 Å². The Morgan fingerprint density at radius 2 is 2.10 bits per heavy atom. The summed E-state index contributed by atoms with van der Waals surface area (Å²) in [5, 5.41) is 12.9. The Morgan fingerprint density at radius 1 is 1.35 bits per heavy atom. The molecule has 9 heteroatoms. The molecule has 2 aromatic rings. The van der Waals surface area contributed by atoms with Gasteiger partial charge in [-0.15, -0.1) is 0 Å². The Labute approximate surface area is 116 Å². The molecule has 0 saturated carbocycles. The molecule has 0 spiro atoms. The van der Waals surface area contributed by atoms with Gasteiger partial charge in [-0.1, -0.05) is 11.6 Å². The zero-order valence-electron chi connectivity index (χ0n) is 9.71. The maximum absolute atomic E-state index is 13.6. The van der Waals surface area contributed by atoms with Crippen LogP contribution in [0.4, 0.5) is 15.9 Å². The second-order valence-electron chi connectivity index (χ2n) is 3.60. The smallest absolute Gasteiger partial charge is 0.272 e. The second-order valence-corrected chi connectivity index (χ2v) is 3.99. The number of hydrogen-bond acceptors (Lipinski definition) is 5. The summed E-state index contributed by atoms with van der Waals surface area (Å²) < 4.78 is 13.6. The summed E-state index contributed by atoms with van der Waals surface area (Å²) in [6, 6.07) is 4.00. The van der Waals surface area contributed by atoms with Crippen molar-refractivity contribution in [3.05, 3.63) is 57.2 Å². The summed E-state index contributed by atoms with van der Waals surface area (Å²) in [4.78, 5) is 28.9. The van der Waals surface area contributed by atoms with Crippen molar-refractivity contribution in [3.63, 3.8) is 0 Å². The van der Waals surface area contributed by atoms with Gasteiger partial charge in [0.1, 0.15) is 23.1 Å². The molecule has 7 nitrogen and oxygen atoms in total. The van der Waals surface area contributed by atoms with E-state index in [-0.39, 0.29) is 16.5 Å². The van der Waals surface area contributed by atoms with Crippen LogP contribution in [0.5, 0.6) is 0 Å². The minimum absolute atomic E-state index is 0.0905. The van der Waals surface area contributed by atoms with Gasteiger partial charge in [0, 0.05) is 12.1 Å². The molecule has 1 aromatic heterocycles. The number of halogens is 2. The van der Waals surface area contributed by atoms with Gasteiger partial charge in [-0.25, -0.2) is 14.4 Å². The van der Waals surface area contributed by atoms with Crippen molar-refractivity contribution in [2.24, 2.45) is 0 Å². The van der Waals surface area contributed by atoms with E-state index in [1.165, 1.54) is 6.07 Å². The van der Waals surface area contributed by atoms with Crippen LogP contribution in [0.3, 0.4) is 0 Å². The van der Waals surface area contributed by atoms with Crippen molar-refractivity contribution in [1.82, 2.24) is 9.97 Å². The van der Waals surface area contributed by atoms with Crippen LogP contribution in [0.15, 0.2) is 30.6 Å². The number of carbonyl (C=O) groups is 1. The van der Waals surface area contributed by atoms with E-state index in [0.717, 1.165) is 18.5 Å². The Kier molecular flexibility index (Phi) is 3.85. The lowest BCUT2D eigenvalue weighted by molar-refractivity contribution is -0.385. The van der Waals surface area contributed by atoms with E-state index in [4.69, 9.17) is 11.6 Å². The number of nitrogens with zero attached hydrogens (tertiary/aromatic N) is 3. The lowest BCUT2D eigenvalue weighted by Gasteiger charge is -2.05. The zero-order chi connectivity index (χ0) is 14.7. The van der Waals surface area contributed by atoms with Gasteiger partial charge in [0.05, 0.1) is 16.6 Å². The molecule has 0 saturated heterocycles. The number of nitrogens with one attached hydrogen (secondary N) is 1. The van der Waals surface area contributed by atoms with Crippen LogP contribution in [-0.2, 0) is 0 Å². The zero-order valence-corrected chi connectivity index (χ0v) is 10.5. The topological polar surface area (TPSA) is 98.0 Å². The number of non-ortho nitro benzene ring substituents is 1. The minimum Gasteiger partial charge on any atom is -0.306 e. The number of aromatic nitrogens is 2. The number of amides is 1. The number of nitro groups is 1. The van der Waals surface area contributed by atoms with E-state index < -0.39 is 22.3 Å². The molecule has 20 heavy (non-hydrogen) atoms. The number of benzene rings is 1. The molecular formula is C11H6ClFN4O3. The van der Waals surface area contributed by atoms with Gasteiger partial charge in [-0.2, -0.15) is 0 Å². The summed E-state index contributed by atoms with van der Waals surface area (Å²) >= 11 is 5.61. The monoisotopic (exact) mass is 296 g/mol. The quantitative estimate of drug-likeness (QED) is 0.533. The van der Waals surface area contributed by atoms with Gasteiger partial charge in [0.25, 0.3) is 11.6 Å². The first kappa shape index (κ1) is 13.8. The highest BCUT2D eigenvalue weighted by Gasteiger charge is 2.16. The number of nitro benzene ring substituents is 1. The van der Waals surface area contributed by atoms with E-state index in [1.807, 2.05) is 0 Å². The van der Waals surface area contributed by atoms with Crippen molar-refractivity contribution in [2.75, 3.05) is 5.32 Å². The van der Waals surface area contributed by atoms with Gasteiger partial charge in [0.2, 0.25) is 0 Å². The van der Waals surface area contributed by atoms with Crippen LogP contribution in [0.1, 0.15) is 10.4 Å². The van der Waals surface area contributed by atoms with Crippen LogP contribution >= 0.6 is 11.6 Å². The molecule has 1 amide bonds. The Hall–Kier alpha value is -2.61. The number of rotatable bonds is 3. The maximum Gasteiger partial charge on any atom is 0.272 e. The number of hydrogen-bond donors (Lipinski definition) is 1. The molecular weight excluding hydrogens is 291 g/mol. The third kappa shape index (κ3) is 3.04. The van der Waals surface area contributed by atoms with Crippen molar-refractivity contribution in [3.8, 4) is 0 Å². The molecule has 0 fully saturated rings. The Bertz CT molecular complexity index is 695. The lowest BCUT2D eigenvalue weighted by Crippen LogP contribution is -2.15. The second kappa shape index (κ2) is 5.57. The first-order chi connectivity index (χ1) is 9.47. The molecule has 1 heterocycles. The van der Waals surface area contributed by atoms with E-state index in [0.29, 0.717) is 6.07 Å². The van der Waals surface area contributed by atoms with Gasteiger partial charge in [-0.05, 0) is 6.07 Å². The van der Waals surface area contributed by atoms with E-state index in [9.17, 15) is 19.3 Å². The summed E-state index contributed by atoms with van der Waals surface area (Å²) in [6.45, 7) is 0. The van der Waals surface area contributed by atoms with Gasteiger partial charge >= 0.3 is 0 Å². The summed E-state index contributed by atoms with van der Waals surface area (Å²) in [5.41, 5.74) is -0.783. The highest BCUT2D eigenvalue weighted by atomic mass is 35.5. The fourth-order valence-electron chi connectivity index (χ4n) is 1.39. The van der Waals surface area contributed by atoms with Gasteiger partial charge in [-0.3, -0.25) is 14.9 Å². The largest absolute Gasteiger partial charge is 0.306 e. The molecule has 0 atom stereocenters. The van der Waals surface area contributed by atoms with Gasteiger partial charge in [0.15, 0.2) is 0 Å². The van der Waals surface area contributed by atoms with Crippen molar-refractivity contribution < 1.29 is 14.1 Å². The summed E-state index contributed by atoms with van der Waals surface area (Å²) in [6.07, 6.45) is 1.13. The molecule has 1 N–H and O–H groups in total. The third-order valence-electron chi connectivity index (χ3n) is 2.28. The molecule has 0 aliphatic rings. The predicted octanol–water partition coefficient (Wildman–Crippen LogP) is 2.43. The molecule has 0 radical (unpaired) electrons. The molecule has 0 unspecified atom stereocenters. The summed E-state index contributed by atoms with van der Waals surface area (Å²) in [5.74, 6) is -1.71. The van der Waals surface area contributed by atoms with Crippen molar-refractivity contribution in [1.29, 1.82) is 0 Å². The van der Waals surface area contributed by atoms with Crippen LogP contribution in [0.25, 0.3) is 0 Å². The van der Waals surface area contributed by atoms with E-state index >= 15 is 0 Å². The van der Waals surface area contributed by atoms with Crippen LogP contribution in [-0.4, -0.2) is 20.8 Å². The first-order valence-electron chi connectivity index (χ1n) is 5.20. The minimum atomic E-state index is -1.00. The molecule has 2 rings (SSSR count). The number of carbonyl (C=O) groups excluding carboxylic acids is 1.